The second-order valence-corrected chi connectivity index (χ2v) is 3.95. The van der Waals surface area contributed by atoms with Gasteiger partial charge >= 0.3 is 0 Å². The highest BCUT2D eigenvalue weighted by molar-refractivity contribution is 5.35. The standard InChI is InChI=1S/C13H18F2O2/c1-4-9(3)8-17-11-7-6-10(16-5-2)12(14)13(11)15/h6-7,9H,4-5,8H2,1-3H3. The lowest BCUT2D eigenvalue weighted by atomic mass is 10.1. The zero-order valence-electron chi connectivity index (χ0n) is 10.4. The van der Waals surface area contributed by atoms with E-state index < -0.39 is 11.6 Å². The van der Waals surface area contributed by atoms with E-state index in [4.69, 9.17) is 9.47 Å². The van der Waals surface area contributed by atoms with Gasteiger partial charge in [0.25, 0.3) is 0 Å². The number of benzene rings is 1. The highest BCUT2D eigenvalue weighted by Gasteiger charge is 2.15. The number of hydrogen-bond donors (Lipinski definition) is 0. The smallest absolute Gasteiger partial charge is 0.204 e. The molecule has 0 aliphatic heterocycles. The maximum atomic E-state index is 13.6. The van der Waals surface area contributed by atoms with Crippen molar-refractivity contribution in [2.75, 3.05) is 13.2 Å². The quantitative estimate of drug-likeness (QED) is 0.758. The fraction of sp³-hybridized carbons (Fsp3) is 0.538. The Morgan fingerprint density at radius 1 is 1.06 bits per heavy atom. The van der Waals surface area contributed by atoms with Gasteiger partial charge in [-0.3, -0.25) is 0 Å². The van der Waals surface area contributed by atoms with Gasteiger partial charge < -0.3 is 9.47 Å². The lowest BCUT2D eigenvalue weighted by Crippen LogP contribution is -2.09. The van der Waals surface area contributed by atoms with Gasteiger partial charge in [-0.15, -0.1) is 0 Å². The summed E-state index contributed by atoms with van der Waals surface area (Å²) in [5, 5.41) is 0. The lowest BCUT2D eigenvalue weighted by molar-refractivity contribution is 0.239. The second kappa shape index (κ2) is 6.42. The Bertz CT molecular complexity index is 367. The Hall–Kier alpha value is -1.32. The summed E-state index contributed by atoms with van der Waals surface area (Å²) in [4.78, 5) is 0. The van der Waals surface area contributed by atoms with Crippen LogP contribution in [-0.4, -0.2) is 13.2 Å². The first-order chi connectivity index (χ1) is 8.10. The maximum Gasteiger partial charge on any atom is 0.204 e. The van der Waals surface area contributed by atoms with Gasteiger partial charge in [0.2, 0.25) is 11.6 Å². The molecule has 0 aliphatic carbocycles. The molecule has 0 radical (unpaired) electrons. The molecule has 1 atom stereocenters. The van der Waals surface area contributed by atoms with Crippen molar-refractivity contribution < 1.29 is 18.3 Å². The van der Waals surface area contributed by atoms with E-state index in [9.17, 15) is 8.78 Å². The lowest BCUT2D eigenvalue weighted by Gasteiger charge is -2.13. The van der Waals surface area contributed by atoms with E-state index in [1.165, 1.54) is 12.1 Å². The highest BCUT2D eigenvalue weighted by atomic mass is 19.2. The van der Waals surface area contributed by atoms with Gasteiger partial charge in [0.15, 0.2) is 11.5 Å². The molecule has 2 nitrogen and oxygen atoms in total. The highest BCUT2D eigenvalue weighted by Crippen LogP contribution is 2.27. The first kappa shape index (κ1) is 13.7. The second-order valence-electron chi connectivity index (χ2n) is 3.95. The minimum Gasteiger partial charge on any atom is -0.491 e. The van der Waals surface area contributed by atoms with Gasteiger partial charge in [-0.05, 0) is 25.0 Å². The summed E-state index contributed by atoms with van der Waals surface area (Å²) in [7, 11) is 0. The van der Waals surface area contributed by atoms with E-state index in [1.54, 1.807) is 6.92 Å². The van der Waals surface area contributed by atoms with Crippen LogP contribution in [0.5, 0.6) is 11.5 Å². The molecule has 0 amide bonds. The number of halogens is 2. The Morgan fingerprint density at radius 3 is 2.06 bits per heavy atom. The monoisotopic (exact) mass is 244 g/mol. The van der Waals surface area contributed by atoms with Crippen LogP contribution in [0.2, 0.25) is 0 Å². The van der Waals surface area contributed by atoms with Crippen molar-refractivity contribution in [2.24, 2.45) is 5.92 Å². The van der Waals surface area contributed by atoms with Gasteiger partial charge in [-0.25, -0.2) is 0 Å². The van der Waals surface area contributed by atoms with E-state index >= 15 is 0 Å². The zero-order valence-corrected chi connectivity index (χ0v) is 10.4. The Labute approximate surface area is 101 Å². The molecule has 96 valence electrons. The Balaban J connectivity index is 2.78. The molecule has 0 aliphatic rings. The molecule has 0 saturated carbocycles. The molecule has 0 aromatic heterocycles. The third-order valence-corrected chi connectivity index (χ3v) is 2.53. The van der Waals surface area contributed by atoms with Crippen LogP contribution in [0.25, 0.3) is 0 Å². The molecule has 1 aromatic rings. The van der Waals surface area contributed by atoms with E-state index in [-0.39, 0.29) is 11.5 Å². The first-order valence-electron chi connectivity index (χ1n) is 5.83. The largest absolute Gasteiger partial charge is 0.491 e. The molecular weight excluding hydrogens is 226 g/mol. The van der Waals surface area contributed by atoms with E-state index in [0.29, 0.717) is 19.1 Å². The molecule has 0 saturated heterocycles. The van der Waals surface area contributed by atoms with Crippen LogP contribution in [0.3, 0.4) is 0 Å². The molecule has 1 rings (SSSR count). The van der Waals surface area contributed by atoms with Crippen LogP contribution in [0.1, 0.15) is 27.2 Å². The fourth-order valence-electron chi connectivity index (χ4n) is 1.24. The van der Waals surface area contributed by atoms with Crippen LogP contribution in [0, 0.1) is 17.6 Å². The zero-order chi connectivity index (χ0) is 12.8. The van der Waals surface area contributed by atoms with Crippen LogP contribution in [-0.2, 0) is 0 Å². The predicted octanol–water partition coefficient (Wildman–Crippen LogP) is 3.79. The van der Waals surface area contributed by atoms with Crippen molar-refractivity contribution >= 4 is 0 Å². The summed E-state index contributed by atoms with van der Waals surface area (Å²) < 4.78 is 37.2. The van der Waals surface area contributed by atoms with Crippen LogP contribution < -0.4 is 9.47 Å². The minimum atomic E-state index is -0.992. The molecule has 1 unspecified atom stereocenters. The molecule has 17 heavy (non-hydrogen) atoms. The van der Waals surface area contributed by atoms with Gasteiger partial charge in [0.1, 0.15) is 0 Å². The molecule has 1 aromatic carbocycles. The topological polar surface area (TPSA) is 18.5 Å². The molecule has 0 N–H and O–H groups in total. The summed E-state index contributed by atoms with van der Waals surface area (Å²) >= 11 is 0. The minimum absolute atomic E-state index is 0.0637. The molecular formula is C13H18F2O2. The molecule has 0 spiro atoms. The van der Waals surface area contributed by atoms with E-state index in [2.05, 4.69) is 0 Å². The summed E-state index contributed by atoms with van der Waals surface area (Å²) in [5.41, 5.74) is 0. The van der Waals surface area contributed by atoms with Crippen molar-refractivity contribution in [1.29, 1.82) is 0 Å². The van der Waals surface area contributed by atoms with E-state index in [1.807, 2.05) is 13.8 Å². The van der Waals surface area contributed by atoms with Gasteiger partial charge in [0.05, 0.1) is 13.2 Å². The Morgan fingerprint density at radius 2 is 1.59 bits per heavy atom. The fourth-order valence-corrected chi connectivity index (χ4v) is 1.24. The number of rotatable bonds is 6. The predicted molar refractivity (Wildman–Crippen MR) is 62.5 cm³/mol. The van der Waals surface area contributed by atoms with Crippen molar-refractivity contribution in [3.05, 3.63) is 23.8 Å². The van der Waals surface area contributed by atoms with Gasteiger partial charge in [0, 0.05) is 0 Å². The van der Waals surface area contributed by atoms with Crippen molar-refractivity contribution in [2.45, 2.75) is 27.2 Å². The average molecular weight is 244 g/mol. The van der Waals surface area contributed by atoms with Gasteiger partial charge in [-0.1, -0.05) is 20.3 Å². The molecule has 0 bridgehead atoms. The third-order valence-electron chi connectivity index (χ3n) is 2.53. The van der Waals surface area contributed by atoms with Gasteiger partial charge in [-0.2, -0.15) is 8.78 Å². The normalized spacial score (nSPS) is 12.3. The van der Waals surface area contributed by atoms with Crippen LogP contribution in [0.15, 0.2) is 12.1 Å². The third kappa shape index (κ3) is 3.58. The van der Waals surface area contributed by atoms with Crippen LogP contribution >= 0.6 is 0 Å². The average Bonchev–Trinajstić information content (AvgIpc) is 2.34. The van der Waals surface area contributed by atoms with Crippen molar-refractivity contribution in [3.8, 4) is 11.5 Å². The summed E-state index contributed by atoms with van der Waals surface area (Å²) in [5.74, 6) is -1.82. The summed E-state index contributed by atoms with van der Waals surface area (Å²) in [6.07, 6.45) is 0.932. The number of hydrogen-bond acceptors (Lipinski definition) is 2. The van der Waals surface area contributed by atoms with Crippen molar-refractivity contribution in [1.82, 2.24) is 0 Å². The number of ether oxygens (including phenoxy) is 2. The maximum absolute atomic E-state index is 13.6. The van der Waals surface area contributed by atoms with Crippen molar-refractivity contribution in [3.63, 3.8) is 0 Å². The summed E-state index contributed by atoms with van der Waals surface area (Å²) in [6, 6.07) is 2.78. The SMILES string of the molecule is CCOc1ccc(OCC(C)CC)c(F)c1F. The first-order valence-corrected chi connectivity index (χ1v) is 5.83. The molecule has 0 heterocycles. The summed E-state index contributed by atoms with van der Waals surface area (Å²) in [6.45, 7) is 6.39. The van der Waals surface area contributed by atoms with Crippen LogP contribution in [0.4, 0.5) is 8.78 Å². The molecule has 4 heteroatoms. The van der Waals surface area contributed by atoms with E-state index in [0.717, 1.165) is 6.42 Å². The molecule has 0 fully saturated rings. The Kier molecular flexibility index (Phi) is 5.19.